The van der Waals surface area contributed by atoms with Gasteiger partial charge in [-0.3, -0.25) is 9.69 Å². The number of hydrogen-bond donors (Lipinski definition) is 2. The van der Waals surface area contributed by atoms with E-state index in [0.29, 0.717) is 0 Å². The smallest absolute Gasteiger partial charge is 0.247 e. The van der Waals surface area contributed by atoms with Crippen molar-refractivity contribution in [2.75, 3.05) is 45.9 Å². The first kappa shape index (κ1) is 13.5. The van der Waals surface area contributed by atoms with Gasteiger partial charge >= 0.3 is 0 Å². The predicted octanol–water partition coefficient (Wildman–Crippen LogP) is -0.257. The Bertz CT molecular complexity index is 329. The highest BCUT2D eigenvalue weighted by molar-refractivity contribution is 5.94. The van der Waals surface area contributed by atoms with Gasteiger partial charge in [-0.15, -0.1) is 0 Å². The highest BCUT2D eigenvalue weighted by atomic mass is 16.5. The first-order valence-corrected chi connectivity index (χ1v) is 6.67. The molecule has 1 unspecified atom stereocenters. The van der Waals surface area contributed by atoms with Gasteiger partial charge < -0.3 is 15.4 Å². The van der Waals surface area contributed by atoms with Crippen molar-refractivity contribution in [3.63, 3.8) is 0 Å². The number of nitrogens with zero attached hydrogens (tertiary/aromatic N) is 1. The lowest BCUT2D eigenvalue weighted by Crippen LogP contribution is -2.46. The maximum atomic E-state index is 12.0. The van der Waals surface area contributed by atoms with Crippen molar-refractivity contribution < 1.29 is 9.53 Å². The molecular formula is C13H23N3O2. The summed E-state index contributed by atoms with van der Waals surface area (Å²) >= 11 is 0. The van der Waals surface area contributed by atoms with Crippen molar-refractivity contribution in [3.05, 3.63) is 11.1 Å². The third-order valence-corrected chi connectivity index (χ3v) is 3.56. The quantitative estimate of drug-likeness (QED) is 0.678. The maximum absolute atomic E-state index is 12.0. The van der Waals surface area contributed by atoms with Crippen LogP contribution in [0.1, 0.15) is 13.8 Å². The Morgan fingerprint density at radius 3 is 2.67 bits per heavy atom. The topological polar surface area (TPSA) is 53.6 Å². The van der Waals surface area contributed by atoms with Gasteiger partial charge in [0.15, 0.2) is 0 Å². The van der Waals surface area contributed by atoms with E-state index in [1.165, 1.54) is 5.57 Å². The summed E-state index contributed by atoms with van der Waals surface area (Å²) < 4.78 is 5.31. The number of hydrogen-bond acceptors (Lipinski definition) is 4. The lowest BCUT2D eigenvalue weighted by atomic mass is 10.0. The number of carbonyl (C=O) groups excluding carboxylic acids is 1. The first-order chi connectivity index (χ1) is 8.66. The molecule has 0 saturated carbocycles. The van der Waals surface area contributed by atoms with Gasteiger partial charge in [0.1, 0.15) is 0 Å². The fraction of sp³-hybridized carbons (Fsp3) is 0.769. The van der Waals surface area contributed by atoms with E-state index in [9.17, 15) is 4.79 Å². The fourth-order valence-electron chi connectivity index (χ4n) is 2.22. The molecule has 18 heavy (non-hydrogen) atoms. The molecule has 5 heteroatoms. The van der Waals surface area contributed by atoms with Crippen LogP contribution in [0.3, 0.4) is 0 Å². The minimum atomic E-state index is 0.0762. The van der Waals surface area contributed by atoms with E-state index in [2.05, 4.69) is 22.5 Å². The van der Waals surface area contributed by atoms with Crippen LogP contribution in [0.4, 0.5) is 0 Å². The molecule has 2 saturated heterocycles. The largest absolute Gasteiger partial charge is 0.379 e. The van der Waals surface area contributed by atoms with E-state index in [4.69, 9.17) is 4.74 Å². The van der Waals surface area contributed by atoms with E-state index >= 15 is 0 Å². The average Bonchev–Trinajstić information content (AvgIpc) is 2.27. The number of amides is 1. The molecule has 2 heterocycles. The van der Waals surface area contributed by atoms with Crippen LogP contribution in [0, 0.1) is 0 Å². The summed E-state index contributed by atoms with van der Waals surface area (Å²) in [5, 5.41) is 6.23. The predicted molar refractivity (Wildman–Crippen MR) is 70.4 cm³/mol. The SMILES string of the molecule is CC(C(=O)NC(C)CN1CCOCC1)=C1CNC1. The fourth-order valence-corrected chi connectivity index (χ4v) is 2.22. The number of rotatable bonds is 4. The van der Waals surface area contributed by atoms with E-state index in [1.807, 2.05) is 6.92 Å². The van der Waals surface area contributed by atoms with Crippen LogP contribution in [0.2, 0.25) is 0 Å². The molecule has 0 bridgehead atoms. The third kappa shape index (κ3) is 3.54. The zero-order valence-electron chi connectivity index (χ0n) is 11.3. The van der Waals surface area contributed by atoms with Gasteiger partial charge in [-0.05, 0) is 19.4 Å². The Morgan fingerprint density at radius 1 is 1.44 bits per heavy atom. The van der Waals surface area contributed by atoms with Gasteiger partial charge in [0, 0.05) is 44.3 Å². The molecule has 5 nitrogen and oxygen atoms in total. The molecule has 0 aliphatic carbocycles. The van der Waals surface area contributed by atoms with E-state index in [0.717, 1.165) is 51.5 Å². The second kappa shape index (κ2) is 6.31. The van der Waals surface area contributed by atoms with Crippen molar-refractivity contribution in [1.82, 2.24) is 15.5 Å². The zero-order valence-corrected chi connectivity index (χ0v) is 11.3. The average molecular weight is 253 g/mol. The van der Waals surface area contributed by atoms with Gasteiger partial charge in [0.2, 0.25) is 5.91 Å². The number of nitrogens with one attached hydrogen (secondary N) is 2. The lowest BCUT2D eigenvalue weighted by molar-refractivity contribution is -0.118. The molecule has 0 spiro atoms. The second-order valence-corrected chi connectivity index (χ2v) is 5.12. The van der Waals surface area contributed by atoms with Crippen LogP contribution in [0.25, 0.3) is 0 Å². The van der Waals surface area contributed by atoms with Gasteiger partial charge in [0.25, 0.3) is 0 Å². The monoisotopic (exact) mass is 253 g/mol. The minimum Gasteiger partial charge on any atom is -0.379 e. The molecule has 0 aromatic carbocycles. The van der Waals surface area contributed by atoms with E-state index in [1.54, 1.807) is 0 Å². The van der Waals surface area contributed by atoms with Crippen LogP contribution < -0.4 is 10.6 Å². The summed E-state index contributed by atoms with van der Waals surface area (Å²) in [6.45, 7) is 10.1. The molecule has 2 fully saturated rings. The molecular weight excluding hydrogens is 230 g/mol. The van der Waals surface area contributed by atoms with Crippen LogP contribution in [0.15, 0.2) is 11.1 Å². The molecule has 2 rings (SSSR count). The normalized spacial score (nSPS) is 22.2. The van der Waals surface area contributed by atoms with Crippen molar-refractivity contribution in [1.29, 1.82) is 0 Å². The minimum absolute atomic E-state index is 0.0762. The van der Waals surface area contributed by atoms with Crippen molar-refractivity contribution >= 4 is 5.91 Å². The zero-order chi connectivity index (χ0) is 13.0. The molecule has 0 aromatic heterocycles. The molecule has 0 radical (unpaired) electrons. The Labute approximate surface area is 109 Å². The highest BCUT2D eigenvalue weighted by Gasteiger charge is 2.19. The van der Waals surface area contributed by atoms with Crippen LogP contribution in [-0.4, -0.2) is 62.8 Å². The maximum Gasteiger partial charge on any atom is 0.247 e. The molecule has 1 amide bonds. The Kier molecular flexibility index (Phi) is 4.74. The highest BCUT2D eigenvalue weighted by Crippen LogP contribution is 2.09. The molecule has 0 aromatic rings. The number of morpholine rings is 1. The molecule has 2 aliphatic heterocycles. The molecule has 2 aliphatic rings. The van der Waals surface area contributed by atoms with Crippen molar-refractivity contribution in [2.45, 2.75) is 19.9 Å². The third-order valence-electron chi connectivity index (χ3n) is 3.56. The summed E-state index contributed by atoms with van der Waals surface area (Å²) in [4.78, 5) is 14.3. The van der Waals surface area contributed by atoms with Gasteiger partial charge in [-0.2, -0.15) is 0 Å². The van der Waals surface area contributed by atoms with Gasteiger partial charge in [-0.1, -0.05) is 0 Å². The van der Waals surface area contributed by atoms with E-state index in [-0.39, 0.29) is 11.9 Å². The standard InChI is InChI=1S/C13H23N3O2/c1-10(9-16-3-5-18-6-4-16)15-13(17)11(2)12-7-14-8-12/h10,14H,3-9H2,1-2H3,(H,15,17). The second-order valence-electron chi connectivity index (χ2n) is 5.12. The van der Waals surface area contributed by atoms with Crippen LogP contribution in [-0.2, 0) is 9.53 Å². The van der Waals surface area contributed by atoms with Crippen molar-refractivity contribution in [3.8, 4) is 0 Å². The number of ether oxygens (including phenoxy) is 1. The first-order valence-electron chi connectivity index (χ1n) is 6.67. The van der Waals surface area contributed by atoms with Crippen LogP contribution in [0.5, 0.6) is 0 Å². The number of carbonyl (C=O) groups is 1. The summed E-state index contributed by atoms with van der Waals surface area (Å²) in [6.07, 6.45) is 0. The lowest BCUT2D eigenvalue weighted by Gasteiger charge is -2.29. The Morgan fingerprint density at radius 2 is 2.11 bits per heavy atom. The molecule has 2 N–H and O–H groups in total. The Hall–Kier alpha value is -0.910. The van der Waals surface area contributed by atoms with Crippen LogP contribution >= 0.6 is 0 Å². The summed E-state index contributed by atoms with van der Waals surface area (Å²) in [5.41, 5.74) is 2.11. The summed E-state index contributed by atoms with van der Waals surface area (Å²) in [6, 6.07) is 0.180. The van der Waals surface area contributed by atoms with Gasteiger partial charge in [-0.25, -0.2) is 0 Å². The summed E-state index contributed by atoms with van der Waals surface area (Å²) in [5.74, 6) is 0.0762. The Balaban J connectivity index is 1.76. The summed E-state index contributed by atoms with van der Waals surface area (Å²) in [7, 11) is 0. The molecule has 102 valence electrons. The van der Waals surface area contributed by atoms with E-state index < -0.39 is 0 Å². The van der Waals surface area contributed by atoms with Gasteiger partial charge in [0.05, 0.1) is 13.2 Å². The molecule has 1 atom stereocenters. The van der Waals surface area contributed by atoms with Crippen molar-refractivity contribution in [2.24, 2.45) is 0 Å².